The first-order valence-corrected chi connectivity index (χ1v) is 8.23. The summed E-state index contributed by atoms with van der Waals surface area (Å²) >= 11 is 3.51. The molecule has 102 valence electrons. The number of rotatable bonds is 6. The van der Waals surface area contributed by atoms with Gasteiger partial charge in [0.1, 0.15) is 0 Å². The van der Waals surface area contributed by atoms with Crippen molar-refractivity contribution in [2.45, 2.75) is 37.5 Å². The number of amides is 1. The number of carbonyl (C=O) groups excluding carboxylic acids is 1. The summed E-state index contributed by atoms with van der Waals surface area (Å²) in [6.07, 6.45) is 5.68. The molecule has 1 aromatic carbocycles. The lowest BCUT2D eigenvalue weighted by atomic mass is 9.94. The Balaban J connectivity index is 1.62. The number of hydrogen-bond donors (Lipinski definition) is 1. The molecule has 0 heterocycles. The molecule has 0 bridgehead atoms. The highest BCUT2D eigenvalue weighted by Crippen LogP contribution is 2.50. The van der Waals surface area contributed by atoms with Crippen molar-refractivity contribution >= 4 is 21.8 Å². The molecule has 0 saturated heterocycles. The van der Waals surface area contributed by atoms with Crippen LogP contribution in [0.2, 0.25) is 0 Å². The Morgan fingerprint density at radius 3 is 2.37 bits per heavy atom. The maximum Gasteiger partial charge on any atom is 0.230 e. The lowest BCUT2D eigenvalue weighted by Gasteiger charge is -2.19. The van der Waals surface area contributed by atoms with Crippen molar-refractivity contribution in [1.29, 1.82) is 0 Å². The Morgan fingerprint density at radius 2 is 1.84 bits per heavy atom. The molecule has 2 nitrogen and oxygen atoms in total. The zero-order valence-electron chi connectivity index (χ0n) is 11.1. The molecule has 0 aromatic heterocycles. The second-order valence-electron chi connectivity index (χ2n) is 6.07. The third kappa shape index (κ3) is 2.58. The molecule has 0 atom stereocenters. The second-order valence-corrected chi connectivity index (χ2v) is 6.86. The van der Waals surface area contributed by atoms with Crippen LogP contribution < -0.4 is 5.32 Å². The third-order valence-corrected chi connectivity index (χ3v) is 5.11. The minimum Gasteiger partial charge on any atom is -0.355 e. The van der Waals surface area contributed by atoms with Crippen LogP contribution in [0.1, 0.15) is 37.7 Å². The van der Waals surface area contributed by atoms with Crippen LogP contribution >= 0.6 is 15.9 Å². The van der Waals surface area contributed by atoms with E-state index < -0.39 is 0 Å². The van der Waals surface area contributed by atoms with Crippen LogP contribution in [0, 0.1) is 5.41 Å². The second kappa shape index (κ2) is 4.93. The minimum absolute atomic E-state index is 0.217. The number of nitrogens with one attached hydrogen (secondary N) is 1. The predicted molar refractivity (Wildman–Crippen MR) is 80.4 cm³/mol. The van der Waals surface area contributed by atoms with E-state index in [0.717, 1.165) is 24.7 Å². The smallest absolute Gasteiger partial charge is 0.230 e. The summed E-state index contributed by atoms with van der Waals surface area (Å²) < 4.78 is 0. The molecule has 0 radical (unpaired) electrons. The van der Waals surface area contributed by atoms with Gasteiger partial charge in [-0.1, -0.05) is 46.3 Å². The lowest BCUT2D eigenvalue weighted by molar-refractivity contribution is -0.123. The molecule has 1 aromatic rings. The Morgan fingerprint density at radius 1 is 1.16 bits per heavy atom. The van der Waals surface area contributed by atoms with Gasteiger partial charge >= 0.3 is 0 Å². The summed E-state index contributed by atoms with van der Waals surface area (Å²) in [6, 6.07) is 10.2. The molecular weight excluding hydrogens is 302 g/mol. The number of benzene rings is 1. The van der Waals surface area contributed by atoms with E-state index in [-0.39, 0.29) is 11.3 Å². The molecule has 2 fully saturated rings. The maximum absolute atomic E-state index is 12.5. The molecule has 19 heavy (non-hydrogen) atoms. The van der Waals surface area contributed by atoms with Crippen molar-refractivity contribution < 1.29 is 4.79 Å². The first-order valence-electron chi connectivity index (χ1n) is 7.11. The van der Waals surface area contributed by atoms with E-state index in [4.69, 9.17) is 0 Å². The molecule has 0 aliphatic heterocycles. The number of hydrogen-bond acceptors (Lipinski definition) is 1. The monoisotopic (exact) mass is 321 g/mol. The molecule has 1 amide bonds. The molecule has 3 rings (SSSR count). The molecule has 2 saturated carbocycles. The van der Waals surface area contributed by atoms with E-state index in [1.54, 1.807) is 0 Å². The van der Waals surface area contributed by atoms with Crippen LogP contribution in [0.4, 0.5) is 0 Å². The van der Waals surface area contributed by atoms with Gasteiger partial charge in [0, 0.05) is 11.9 Å². The average Bonchev–Trinajstić information content (AvgIpc) is 3.34. The van der Waals surface area contributed by atoms with E-state index in [9.17, 15) is 4.79 Å². The third-order valence-electron chi connectivity index (χ3n) is 4.72. The number of halogens is 1. The maximum atomic E-state index is 12.5. The topological polar surface area (TPSA) is 29.1 Å². The van der Waals surface area contributed by atoms with Gasteiger partial charge < -0.3 is 5.32 Å². The number of alkyl halides is 1. The van der Waals surface area contributed by atoms with E-state index in [1.807, 2.05) is 18.2 Å². The van der Waals surface area contributed by atoms with Crippen LogP contribution in [0.5, 0.6) is 0 Å². The normalized spacial score (nSPS) is 21.7. The highest BCUT2D eigenvalue weighted by Gasteiger charge is 2.52. The van der Waals surface area contributed by atoms with Crippen LogP contribution in [-0.2, 0) is 10.2 Å². The standard InChI is InChI=1S/C16H20BrNO/c17-11-10-15(6-7-15)12-18-14(19)16(8-9-16)13-4-2-1-3-5-13/h1-5H,6-12H2,(H,18,19). The van der Waals surface area contributed by atoms with Gasteiger partial charge in [0.15, 0.2) is 0 Å². The Hall–Kier alpha value is -0.830. The fraction of sp³-hybridized carbons (Fsp3) is 0.562. The van der Waals surface area contributed by atoms with Gasteiger partial charge in [-0.05, 0) is 43.1 Å². The quantitative estimate of drug-likeness (QED) is 0.799. The summed E-state index contributed by atoms with van der Waals surface area (Å²) in [4.78, 5) is 12.5. The lowest BCUT2D eigenvalue weighted by Crippen LogP contribution is -2.38. The van der Waals surface area contributed by atoms with Crippen LogP contribution in [0.25, 0.3) is 0 Å². The van der Waals surface area contributed by atoms with Gasteiger partial charge in [-0.3, -0.25) is 4.79 Å². The highest BCUT2D eigenvalue weighted by atomic mass is 79.9. The summed E-state index contributed by atoms with van der Waals surface area (Å²) in [7, 11) is 0. The average molecular weight is 322 g/mol. The van der Waals surface area contributed by atoms with Crippen molar-refractivity contribution in [2.75, 3.05) is 11.9 Å². The van der Waals surface area contributed by atoms with E-state index in [1.165, 1.54) is 24.8 Å². The van der Waals surface area contributed by atoms with Gasteiger partial charge in [0.25, 0.3) is 0 Å². The molecule has 0 spiro atoms. The van der Waals surface area contributed by atoms with Crippen LogP contribution in [-0.4, -0.2) is 17.8 Å². The fourth-order valence-electron chi connectivity index (χ4n) is 2.86. The summed E-state index contributed by atoms with van der Waals surface area (Å²) in [5.74, 6) is 0.236. The van der Waals surface area contributed by atoms with Crippen molar-refractivity contribution in [3.63, 3.8) is 0 Å². The Kier molecular flexibility index (Phi) is 3.42. The van der Waals surface area contributed by atoms with Gasteiger partial charge in [0.05, 0.1) is 5.41 Å². The van der Waals surface area contributed by atoms with Crippen LogP contribution in [0.15, 0.2) is 30.3 Å². The van der Waals surface area contributed by atoms with Crippen molar-refractivity contribution in [1.82, 2.24) is 5.32 Å². The van der Waals surface area contributed by atoms with Gasteiger partial charge in [-0.15, -0.1) is 0 Å². The first-order chi connectivity index (χ1) is 9.21. The van der Waals surface area contributed by atoms with E-state index in [0.29, 0.717) is 5.41 Å². The summed E-state index contributed by atoms with van der Waals surface area (Å²) in [5, 5.41) is 4.25. The molecule has 2 aliphatic rings. The Bertz CT molecular complexity index is 463. The molecule has 1 N–H and O–H groups in total. The zero-order valence-corrected chi connectivity index (χ0v) is 12.7. The highest BCUT2D eigenvalue weighted by molar-refractivity contribution is 9.09. The predicted octanol–water partition coefficient (Wildman–Crippen LogP) is 3.40. The molecule has 2 aliphatic carbocycles. The van der Waals surface area contributed by atoms with Gasteiger partial charge in [0.2, 0.25) is 5.91 Å². The summed E-state index contributed by atoms with van der Waals surface area (Å²) in [5.41, 5.74) is 1.36. The number of carbonyl (C=O) groups is 1. The van der Waals surface area contributed by atoms with Crippen LogP contribution in [0.3, 0.4) is 0 Å². The van der Waals surface area contributed by atoms with Gasteiger partial charge in [-0.2, -0.15) is 0 Å². The van der Waals surface area contributed by atoms with Crippen molar-refractivity contribution in [2.24, 2.45) is 5.41 Å². The van der Waals surface area contributed by atoms with Crippen molar-refractivity contribution in [3.8, 4) is 0 Å². The largest absolute Gasteiger partial charge is 0.355 e. The molecular formula is C16H20BrNO. The summed E-state index contributed by atoms with van der Waals surface area (Å²) in [6.45, 7) is 0.853. The van der Waals surface area contributed by atoms with E-state index in [2.05, 4.69) is 33.4 Å². The minimum atomic E-state index is -0.217. The van der Waals surface area contributed by atoms with Gasteiger partial charge in [-0.25, -0.2) is 0 Å². The SMILES string of the molecule is O=C(NCC1(CCBr)CC1)C1(c2ccccc2)CC1. The fourth-order valence-corrected chi connectivity index (χ4v) is 3.70. The Labute approximate surface area is 123 Å². The first kappa shape index (κ1) is 13.2. The molecule has 3 heteroatoms. The molecule has 0 unspecified atom stereocenters. The van der Waals surface area contributed by atoms with E-state index >= 15 is 0 Å². The zero-order chi connectivity index (χ0) is 13.3. The van der Waals surface area contributed by atoms with Crippen molar-refractivity contribution in [3.05, 3.63) is 35.9 Å².